The predicted molar refractivity (Wildman–Crippen MR) is 55.7 cm³/mol. The molecular formula is C10H23NO2. The summed E-state index contributed by atoms with van der Waals surface area (Å²) in [6.45, 7) is 8.15. The Hall–Kier alpha value is -0.570. The monoisotopic (exact) mass is 189 g/mol. The van der Waals surface area contributed by atoms with E-state index in [2.05, 4.69) is 23.9 Å². The van der Waals surface area contributed by atoms with Crippen LogP contribution in [0, 0.1) is 5.92 Å². The number of hydrogen-bond acceptors (Lipinski definition) is 3. The quantitative estimate of drug-likeness (QED) is 0.686. The minimum atomic E-state index is -0.179. The molecular weight excluding hydrogens is 166 g/mol. The second-order valence-corrected chi connectivity index (χ2v) is 2.99. The Labute approximate surface area is 81.9 Å². The molecule has 0 heterocycles. The average molecular weight is 189 g/mol. The lowest BCUT2D eigenvalue weighted by molar-refractivity contribution is -0.143. The molecule has 1 N–H and O–H groups in total. The van der Waals surface area contributed by atoms with Gasteiger partial charge in [0.05, 0.1) is 7.11 Å². The highest BCUT2D eigenvalue weighted by molar-refractivity contribution is 5.75. The van der Waals surface area contributed by atoms with E-state index >= 15 is 0 Å². The van der Waals surface area contributed by atoms with Crippen LogP contribution in [0.15, 0.2) is 0 Å². The molecule has 0 aromatic heterocycles. The zero-order valence-electron chi connectivity index (χ0n) is 9.68. The first-order chi connectivity index (χ1) is 6.11. The summed E-state index contributed by atoms with van der Waals surface area (Å²) < 4.78 is 4.60. The fraction of sp³-hybridized carbons (Fsp3) is 0.900. The lowest BCUT2D eigenvalue weighted by Crippen LogP contribution is -2.36. The molecule has 0 saturated heterocycles. The van der Waals surface area contributed by atoms with Crippen molar-refractivity contribution in [1.29, 1.82) is 0 Å². The highest BCUT2D eigenvalue weighted by Crippen LogP contribution is 2.04. The van der Waals surface area contributed by atoms with Gasteiger partial charge >= 0.3 is 5.97 Å². The number of carbonyl (C=O) groups excluding carboxylic acids is 1. The summed E-state index contributed by atoms with van der Waals surface area (Å²) in [7, 11) is 3.18. The molecule has 0 spiro atoms. The predicted octanol–water partition coefficient (Wildman–Crippen LogP) is 1.82. The Bertz CT molecular complexity index is 124. The molecule has 1 atom stereocenters. The molecule has 0 fully saturated rings. The number of likely N-dealkylation sites (N-methyl/N-ethyl adjacent to an activating group) is 1. The van der Waals surface area contributed by atoms with Crippen molar-refractivity contribution >= 4 is 5.97 Å². The van der Waals surface area contributed by atoms with Crippen molar-refractivity contribution in [3.63, 3.8) is 0 Å². The number of methoxy groups -OCH3 is 1. The van der Waals surface area contributed by atoms with Crippen LogP contribution in [0.1, 0.15) is 34.1 Å². The second-order valence-electron chi connectivity index (χ2n) is 2.99. The minimum Gasteiger partial charge on any atom is -0.468 e. The van der Waals surface area contributed by atoms with Crippen LogP contribution in [0.25, 0.3) is 0 Å². The molecule has 13 heavy (non-hydrogen) atoms. The van der Waals surface area contributed by atoms with Gasteiger partial charge in [0.1, 0.15) is 6.04 Å². The van der Waals surface area contributed by atoms with E-state index in [1.807, 2.05) is 13.8 Å². The van der Waals surface area contributed by atoms with Gasteiger partial charge in [0.2, 0.25) is 0 Å². The first kappa shape index (κ1) is 14.9. The zero-order chi connectivity index (χ0) is 10.9. The standard InChI is InChI=1S/C8H17NO2.C2H6/c1-6(2)5-7(9-3)8(10)11-4;1-2/h6-7,9H,5H2,1-4H3;1-2H3. The lowest BCUT2D eigenvalue weighted by Gasteiger charge is -2.15. The average Bonchev–Trinajstić information content (AvgIpc) is 2.16. The Morgan fingerprint density at radius 1 is 1.38 bits per heavy atom. The highest BCUT2D eigenvalue weighted by Gasteiger charge is 2.17. The van der Waals surface area contributed by atoms with Gasteiger partial charge < -0.3 is 10.1 Å². The fourth-order valence-corrected chi connectivity index (χ4v) is 0.946. The van der Waals surface area contributed by atoms with Crippen LogP contribution in [0.2, 0.25) is 0 Å². The number of ether oxygens (including phenoxy) is 1. The molecule has 0 bridgehead atoms. The molecule has 80 valence electrons. The van der Waals surface area contributed by atoms with Crippen LogP contribution in [0.4, 0.5) is 0 Å². The third-order valence-electron chi connectivity index (χ3n) is 1.54. The maximum atomic E-state index is 11.0. The van der Waals surface area contributed by atoms with Crippen LogP contribution in [-0.4, -0.2) is 26.2 Å². The van der Waals surface area contributed by atoms with E-state index in [1.54, 1.807) is 7.05 Å². The van der Waals surface area contributed by atoms with Gasteiger partial charge in [0, 0.05) is 0 Å². The Kier molecular flexibility index (Phi) is 10.9. The molecule has 0 saturated carbocycles. The smallest absolute Gasteiger partial charge is 0.322 e. The number of esters is 1. The van der Waals surface area contributed by atoms with Crippen LogP contribution in [0.3, 0.4) is 0 Å². The molecule has 1 unspecified atom stereocenters. The maximum absolute atomic E-state index is 11.0. The Morgan fingerprint density at radius 3 is 2.08 bits per heavy atom. The topological polar surface area (TPSA) is 38.3 Å². The molecule has 0 radical (unpaired) electrons. The van der Waals surface area contributed by atoms with E-state index in [4.69, 9.17) is 0 Å². The van der Waals surface area contributed by atoms with Gasteiger partial charge in [-0.05, 0) is 19.4 Å². The number of carbonyl (C=O) groups is 1. The summed E-state index contributed by atoms with van der Waals surface area (Å²) >= 11 is 0. The van der Waals surface area contributed by atoms with Crippen molar-refractivity contribution in [3.05, 3.63) is 0 Å². The fourth-order valence-electron chi connectivity index (χ4n) is 0.946. The highest BCUT2D eigenvalue weighted by atomic mass is 16.5. The summed E-state index contributed by atoms with van der Waals surface area (Å²) in [6, 6.07) is -0.153. The van der Waals surface area contributed by atoms with Gasteiger partial charge in [-0.1, -0.05) is 27.7 Å². The number of rotatable bonds is 4. The zero-order valence-corrected chi connectivity index (χ0v) is 9.68. The van der Waals surface area contributed by atoms with Crippen molar-refractivity contribution in [3.8, 4) is 0 Å². The van der Waals surface area contributed by atoms with E-state index in [0.29, 0.717) is 5.92 Å². The van der Waals surface area contributed by atoms with E-state index in [0.717, 1.165) is 6.42 Å². The number of hydrogen-bond donors (Lipinski definition) is 1. The molecule has 3 heteroatoms. The third kappa shape index (κ3) is 7.78. The first-order valence-electron chi connectivity index (χ1n) is 4.87. The SMILES string of the molecule is CC.CNC(CC(C)C)C(=O)OC. The first-order valence-corrected chi connectivity index (χ1v) is 4.87. The second kappa shape index (κ2) is 9.52. The van der Waals surface area contributed by atoms with Crippen LogP contribution < -0.4 is 5.32 Å². The van der Waals surface area contributed by atoms with Crippen molar-refractivity contribution in [1.82, 2.24) is 5.32 Å². The molecule has 0 aliphatic carbocycles. The molecule has 0 aliphatic heterocycles. The lowest BCUT2D eigenvalue weighted by atomic mass is 10.0. The molecule has 0 rings (SSSR count). The largest absolute Gasteiger partial charge is 0.468 e. The maximum Gasteiger partial charge on any atom is 0.322 e. The Morgan fingerprint density at radius 2 is 1.85 bits per heavy atom. The van der Waals surface area contributed by atoms with Crippen molar-refractivity contribution in [2.75, 3.05) is 14.2 Å². The summed E-state index contributed by atoms with van der Waals surface area (Å²) in [5.74, 6) is 0.327. The van der Waals surface area contributed by atoms with Crippen LogP contribution in [-0.2, 0) is 9.53 Å². The molecule has 0 amide bonds. The Balaban J connectivity index is 0. The summed E-state index contributed by atoms with van der Waals surface area (Å²) in [6.07, 6.45) is 0.823. The van der Waals surface area contributed by atoms with E-state index in [-0.39, 0.29) is 12.0 Å². The van der Waals surface area contributed by atoms with Gasteiger partial charge in [0.25, 0.3) is 0 Å². The van der Waals surface area contributed by atoms with E-state index in [9.17, 15) is 4.79 Å². The van der Waals surface area contributed by atoms with E-state index < -0.39 is 0 Å². The van der Waals surface area contributed by atoms with Gasteiger partial charge in [-0.25, -0.2) is 0 Å². The molecule has 0 aromatic rings. The van der Waals surface area contributed by atoms with Crippen LogP contribution in [0.5, 0.6) is 0 Å². The summed E-state index contributed by atoms with van der Waals surface area (Å²) in [4.78, 5) is 11.0. The molecule has 3 nitrogen and oxygen atoms in total. The van der Waals surface area contributed by atoms with Gasteiger partial charge in [-0.15, -0.1) is 0 Å². The van der Waals surface area contributed by atoms with Gasteiger partial charge in [0.15, 0.2) is 0 Å². The van der Waals surface area contributed by atoms with Crippen LogP contribution >= 0.6 is 0 Å². The normalized spacial score (nSPS) is 11.6. The van der Waals surface area contributed by atoms with Crippen molar-refractivity contribution in [2.45, 2.75) is 40.2 Å². The number of nitrogens with one attached hydrogen (secondary N) is 1. The summed E-state index contributed by atoms with van der Waals surface area (Å²) in [5.41, 5.74) is 0. The van der Waals surface area contributed by atoms with Gasteiger partial charge in [-0.2, -0.15) is 0 Å². The van der Waals surface area contributed by atoms with Gasteiger partial charge in [-0.3, -0.25) is 4.79 Å². The minimum absolute atomic E-state index is 0.153. The molecule has 0 aliphatic rings. The third-order valence-corrected chi connectivity index (χ3v) is 1.54. The van der Waals surface area contributed by atoms with E-state index in [1.165, 1.54) is 7.11 Å². The van der Waals surface area contributed by atoms with Crippen molar-refractivity contribution < 1.29 is 9.53 Å². The summed E-state index contributed by atoms with van der Waals surface area (Å²) in [5, 5.41) is 2.91. The van der Waals surface area contributed by atoms with Crippen molar-refractivity contribution in [2.24, 2.45) is 5.92 Å². The molecule has 0 aromatic carbocycles.